The Balaban J connectivity index is 1.15. The number of fused-ring (bicyclic) bond motifs is 1. The Kier molecular flexibility index (Phi) is 6.66. The van der Waals surface area contributed by atoms with Crippen LogP contribution in [0, 0.1) is 11.6 Å². The van der Waals surface area contributed by atoms with Crippen molar-refractivity contribution in [3.05, 3.63) is 90.6 Å². The zero-order chi connectivity index (χ0) is 26.8. The number of aromatic nitrogens is 5. The van der Waals surface area contributed by atoms with E-state index in [9.17, 15) is 13.6 Å². The van der Waals surface area contributed by atoms with Gasteiger partial charge in [0.2, 0.25) is 0 Å². The van der Waals surface area contributed by atoms with Crippen molar-refractivity contribution in [2.45, 2.75) is 37.8 Å². The van der Waals surface area contributed by atoms with Crippen molar-refractivity contribution in [3.8, 4) is 22.5 Å². The maximum atomic E-state index is 14.7. The number of hydrogen-bond acceptors (Lipinski definition) is 6. The lowest BCUT2D eigenvalue weighted by Crippen LogP contribution is -2.42. The Morgan fingerprint density at radius 2 is 1.79 bits per heavy atom. The quantitative estimate of drug-likeness (QED) is 0.270. The van der Waals surface area contributed by atoms with Crippen molar-refractivity contribution in [2.24, 2.45) is 0 Å². The smallest absolute Gasteiger partial charge is 0.270 e. The average Bonchev–Trinajstić information content (AvgIpc) is 3.38. The van der Waals surface area contributed by atoms with Crippen molar-refractivity contribution in [1.82, 2.24) is 30.2 Å². The maximum absolute atomic E-state index is 14.7. The van der Waals surface area contributed by atoms with Crippen molar-refractivity contribution >= 4 is 22.8 Å². The van der Waals surface area contributed by atoms with Crippen LogP contribution in [0.3, 0.4) is 0 Å². The normalized spacial score (nSPS) is 17.2. The lowest BCUT2D eigenvalue weighted by molar-refractivity contribution is 0.0921. The van der Waals surface area contributed by atoms with Gasteiger partial charge in [-0.1, -0.05) is 30.3 Å². The second kappa shape index (κ2) is 10.6. The van der Waals surface area contributed by atoms with Crippen LogP contribution < -0.4 is 10.6 Å². The van der Waals surface area contributed by atoms with Gasteiger partial charge < -0.3 is 15.6 Å². The van der Waals surface area contributed by atoms with Gasteiger partial charge in [0.1, 0.15) is 17.2 Å². The predicted molar refractivity (Wildman–Crippen MR) is 144 cm³/mol. The molecular weight excluding hydrogens is 500 g/mol. The Morgan fingerprint density at radius 1 is 0.949 bits per heavy atom. The molecule has 4 aromatic heterocycles. The minimum atomic E-state index is -0.587. The summed E-state index contributed by atoms with van der Waals surface area (Å²) in [4.78, 5) is 32.8. The third-order valence-corrected chi connectivity index (χ3v) is 6.93. The molecule has 1 aliphatic carbocycles. The molecule has 8 nitrogen and oxygen atoms in total. The number of aromatic amines is 1. The highest BCUT2D eigenvalue weighted by Gasteiger charge is 2.25. The van der Waals surface area contributed by atoms with E-state index in [-0.39, 0.29) is 29.6 Å². The van der Waals surface area contributed by atoms with E-state index < -0.39 is 11.6 Å². The number of hydrogen-bond donors (Lipinski definition) is 3. The Hall–Kier alpha value is -4.73. The highest BCUT2D eigenvalue weighted by Crippen LogP contribution is 2.28. The molecule has 0 spiro atoms. The second-order valence-electron chi connectivity index (χ2n) is 9.62. The fraction of sp³-hybridized carbons (Fsp3) is 0.207. The van der Waals surface area contributed by atoms with E-state index in [2.05, 4.69) is 35.6 Å². The Morgan fingerprint density at radius 3 is 2.67 bits per heavy atom. The number of benzene rings is 1. The van der Waals surface area contributed by atoms with Gasteiger partial charge in [-0.15, -0.1) is 0 Å². The molecule has 39 heavy (non-hydrogen) atoms. The summed E-state index contributed by atoms with van der Waals surface area (Å²) in [7, 11) is 0. The zero-order valence-corrected chi connectivity index (χ0v) is 20.9. The number of H-pyrrole nitrogens is 1. The molecule has 1 aromatic carbocycles. The van der Waals surface area contributed by atoms with E-state index in [1.807, 2.05) is 36.4 Å². The SMILES string of the molecule is O=C(N[C@H]1CCC[C@@H](Nc2nc(-c3c[nH]c4ncc(F)cc34)ncc2F)C1)c1cc(-c2ccccc2)ccn1. The van der Waals surface area contributed by atoms with Crippen LogP contribution in [0.15, 0.2) is 73.3 Å². The molecule has 1 fully saturated rings. The van der Waals surface area contributed by atoms with Gasteiger partial charge in [-0.2, -0.15) is 0 Å². The molecule has 0 bridgehead atoms. The van der Waals surface area contributed by atoms with Crippen LogP contribution in [-0.4, -0.2) is 42.9 Å². The molecule has 0 unspecified atom stereocenters. The first-order valence-electron chi connectivity index (χ1n) is 12.8. The largest absolute Gasteiger partial charge is 0.365 e. The first-order valence-corrected chi connectivity index (χ1v) is 12.8. The summed E-state index contributed by atoms with van der Waals surface area (Å²) < 4.78 is 28.5. The molecule has 1 amide bonds. The topological polar surface area (TPSA) is 108 Å². The van der Waals surface area contributed by atoms with E-state index in [0.29, 0.717) is 28.7 Å². The van der Waals surface area contributed by atoms with Crippen LogP contribution in [0.4, 0.5) is 14.6 Å². The van der Waals surface area contributed by atoms with Crippen LogP contribution in [0.1, 0.15) is 36.2 Å². The van der Waals surface area contributed by atoms with Gasteiger partial charge in [-0.3, -0.25) is 9.78 Å². The standard InChI is InChI=1S/C29H25F2N7O/c30-19-12-22-23(15-34-26(22)33-14-19)27-35-16-24(31)28(38-27)36-20-7-4-8-21(13-20)37-29(39)25-11-18(9-10-32-25)17-5-2-1-3-6-17/h1-3,5-6,9-12,14-16,20-21H,4,7-8,13H2,(H,33,34)(H,37,39)(H,35,36,38)/t20-,21+/m1/s1. The lowest BCUT2D eigenvalue weighted by atomic mass is 9.90. The molecule has 196 valence electrons. The summed E-state index contributed by atoms with van der Waals surface area (Å²) >= 11 is 0. The van der Waals surface area contributed by atoms with E-state index in [1.165, 1.54) is 6.07 Å². The molecule has 6 rings (SSSR count). The molecule has 1 saturated carbocycles. The van der Waals surface area contributed by atoms with Gasteiger partial charge in [0.05, 0.1) is 12.4 Å². The lowest BCUT2D eigenvalue weighted by Gasteiger charge is -2.30. The summed E-state index contributed by atoms with van der Waals surface area (Å²) in [5, 5.41) is 6.79. The van der Waals surface area contributed by atoms with Gasteiger partial charge in [-0.25, -0.2) is 23.7 Å². The zero-order valence-electron chi connectivity index (χ0n) is 20.9. The van der Waals surface area contributed by atoms with Gasteiger partial charge >= 0.3 is 0 Å². The number of nitrogens with one attached hydrogen (secondary N) is 3. The monoisotopic (exact) mass is 525 g/mol. The first-order chi connectivity index (χ1) is 19.0. The summed E-state index contributed by atoms with van der Waals surface area (Å²) in [6.45, 7) is 0. The third kappa shape index (κ3) is 5.31. The molecule has 4 heterocycles. The number of rotatable bonds is 6. The van der Waals surface area contributed by atoms with Crippen molar-refractivity contribution in [1.29, 1.82) is 0 Å². The number of amides is 1. The van der Waals surface area contributed by atoms with E-state index >= 15 is 0 Å². The minimum absolute atomic E-state index is 0.0629. The fourth-order valence-corrected chi connectivity index (χ4v) is 5.03. The second-order valence-corrected chi connectivity index (χ2v) is 9.62. The third-order valence-electron chi connectivity index (χ3n) is 6.93. The van der Waals surface area contributed by atoms with E-state index in [1.54, 1.807) is 18.5 Å². The molecule has 0 radical (unpaired) electrons. The maximum Gasteiger partial charge on any atom is 0.270 e. The molecule has 3 N–H and O–H groups in total. The van der Waals surface area contributed by atoms with Gasteiger partial charge in [0, 0.05) is 35.4 Å². The van der Waals surface area contributed by atoms with Crippen LogP contribution >= 0.6 is 0 Å². The fourth-order valence-electron chi connectivity index (χ4n) is 5.03. The molecule has 2 atom stereocenters. The number of pyridine rings is 2. The highest BCUT2D eigenvalue weighted by molar-refractivity contribution is 5.94. The van der Waals surface area contributed by atoms with Crippen LogP contribution in [-0.2, 0) is 0 Å². The molecule has 0 saturated heterocycles. The summed E-state index contributed by atoms with van der Waals surface area (Å²) in [5.41, 5.74) is 3.30. The number of nitrogens with zero attached hydrogens (tertiary/aromatic N) is 4. The number of anilines is 1. The molecule has 5 aromatic rings. The summed E-state index contributed by atoms with van der Waals surface area (Å²) in [6.07, 6.45) is 8.55. The van der Waals surface area contributed by atoms with Gasteiger partial charge in [0.15, 0.2) is 17.5 Å². The summed E-state index contributed by atoms with van der Waals surface area (Å²) in [6, 6.07) is 14.6. The first kappa shape index (κ1) is 24.6. The van der Waals surface area contributed by atoms with Crippen LogP contribution in [0.25, 0.3) is 33.5 Å². The summed E-state index contributed by atoms with van der Waals surface area (Å²) in [5.74, 6) is -0.998. The molecule has 10 heteroatoms. The molecule has 0 aliphatic heterocycles. The minimum Gasteiger partial charge on any atom is -0.365 e. The van der Waals surface area contributed by atoms with Crippen molar-refractivity contribution in [3.63, 3.8) is 0 Å². The number of carbonyl (C=O) groups is 1. The molecule has 1 aliphatic rings. The molecular formula is C29H25F2N7O. The highest BCUT2D eigenvalue weighted by atomic mass is 19.1. The van der Waals surface area contributed by atoms with Crippen LogP contribution in [0.5, 0.6) is 0 Å². The van der Waals surface area contributed by atoms with Crippen LogP contribution in [0.2, 0.25) is 0 Å². The predicted octanol–water partition coefficient (Wildman–Crippen LogP) is 5.51. The van der Waals surface area contributed by atoms with Crippen molar-refractivity contribution < 1.29 is 13.6 Å². The average molecular weight is 526 g/mol. The Labute approximate surface area is 223 Å². The van der Waals surface area contributed by atoms with Gasteiger partial charge in [0.25, 0.3) is 5.91 Å². The van der Waals surface area contributed by atoms with Gasteiger partial charge in [-0.05, 0) is 55.0 Å². The Bertz CT molecular complexity index is 1640. The number of carbonyl (C=O) groups excluding carboxylic acids is 1. The van der Waals surface area contributed by atoms with Crippen molar-refractivity contribution in [2.75, 3.05) is 5.32 Å². The van der Waals surface area contributed by atoms with E-state index in [4.69, 9.17) is 0 Å². The number of halogens is 2. The van der Waals surface area contributed by atoms with E-state index in [0.717, 1.165) is 42.8 Å².